The zero-order valence-electron chi connectivity index (χ0n) is 14.1. The van der Waals surface area contributed by atoms with Crippen molar-refractivity contribution in [1.29, 1.82) is 5.26 Å². The van der Waals surface area contributed by atoms with Crippen LogP contribution in [-0.4, -0.2) is 37.2 Å². The van der Waals surface area contributed by atoms with E-state index < -0.39 is 0 Å². The number of ether oxygens (including phenoxy) is 1. The number of nitrogens with zero attached hydrogens (tertiary/aromatic N) is 3. The third kappa shape index (κ3) is 5.31. The molecule has 1 aromatic carbocycles. The molecule has 0 aliphatic carbocycles. The molecule has 0 aliphatic rings. The van der Waals surface area contributed by atoms with Gasteiger partial charge < -0.3 is 4.74 Å². The van der Waals surface area contributed by atoms with Crippen LogP contribution in [0.2, 0.25) is 0 Å². The van der Waals surface area contributed by atoms with Crippen LogP contribution in [0.1, 0.15) is 27.7 Å². The Hall–Kier alpha value is -2.17. The second-order valence-corrected chi connectivity index (χ2v) is 5.60. The number of hydrogen-bond acceptors (Lipinski definition) is 4. The van der Waals surface area contributed by atoms with Crippen molar-refractivity contribution in [3.8, 4) is 23.8 Å². The molecule has 0 saturated carbocycles. The smallest absolute Gasteiger partial charge is 0.185 e. The third-order valence-electron chi connectivity index (χ3n) is 3.46. The molecule has 0 heterocycles. The summed E-state index contributed by atoms with van der Waals surface area (Å²) in [6.45, 7) is 9.78. The van der Waals surface area contributed by atoms with Crippen molar-refractivity contribution in [3.63, 3.8) is 0 Å². The van der Waals surface area contributed by atoms with Gasteiger partial charge in [-0.2, -0.15) is 5.26 Å². The summed E-state index contributed by atoms with van der Waals surface area (Å²) in [6, 6.07) is 8.32. The highest BCUT2D eigenvalue weighted by Gasteiger charge is 2.11. The van der Waals surface area contributed by atoms with Crippen molar-refractivity contribution in [2.45, 2.75) is 39.8 Å². The number of rotatable bonds is 6. The molecular formula is C18H25N3O. The lowest BCUT2D eigenvalue weighted by Gasteiger charge is -2.28. The van der Waals surface area contributed by atoms with Crippen LogP contribution in [0.5, 0.6) is 5.75 Å². The third-order valence-corrected chi connectivity index (χ3v) is 3.46. The van der Waals surface area contributed by atoms with E-state index >= 15 is 0 Å². The lowest BCUT2D eigenvalue weighted by molar-refractivity contribution is 0.200. The Morgan fingerprint density at radius 1 is 1.00 bits per heavy atom. The first kappa shape index (κ1) is 17.9. The zero-order chi connectivity index (χ0) is 16.5. The summed E-state index contributed by atoms with van der Waals surface area (Å²) < 4.78 is 5.12. The average molecular weight is 299 g/mol. The molecule has 0 aromatic heterocycles. The van der Waals surface area contributed by atoms with Gasteiger partial charge in [0.2, 0.25) is 0 Å². The Labute approximate surface area is 134 Å². The summed E-state index contributed by atoms with van der Waals surface area (Å²) in [5.74, 6) is 7.02. The lowest BCUT2D eigenvalue weighted by atomic mass is 10.2. The average Bonchev–Trinajstić information content (AvgIpc) is 2.50. The number of nitriles is 1. The molecule has 1 aromatic rings. The van der Waals surface area contributed by atoms with Gasteiger partial charge in [0.25, 0.3) is 0 Å². The van der Waals surface area contributed by atoms with E-state index in [1.165, 1.54) is 0 Å². The van der Waals surface area contributed by atoms with Crippen molar-refractivity contribution < 1.29 is 4.74 Å². The van der Waals surface area contributed by atoms with Crippen LogP contribution in [0.15, 0.2) is 24.3 Å². The second-order valence-electron chi connectivity index (χ2n) is 5.60. The van der Waals surface area contributed by atoms with Crippen molar-refractivity contribution in [3.05, 3.63) is 24.3 Å². The molecular weight excluding hydrogens is 274 g/mol. The summed E-state index contributed by atoms with van der Waals surface area (Å²) >= 11 is 0. The summed E-state index contributed by atoms with van der Waals surface area (Å²) in [7, 11) is 1.62. The number of anilines is 1. The van der Waals surface area contributed by atoms with E-state index in [-0.39, 0.29) is 0 Å². The van der Waals surface area contributed by atoms with Crippen molar-refractivity contribution in [2.24, 2.45) is 0 Å². The maximum atomic E-state index is 9.26. The van der Waals surface area contributed by atoms with Crippen LogP contribution < -0.4 is 9.64 Å². The first-order chi connectivity index (χ1) is 10.5. The Bertz CT molecular complexity index is 538. The van der Waals surface area contributed by atoms with Gasteiger partial charge in [0.15, 0.2) is 6.19 Å². The van der Waals surface area contributed by atoms with Crippen LogP contribution in [0.25, 0.3) is 0 Å². The molecule has 22 heavy (non-hydrogen) atoms. The molecule has 0 unspecified atom stereocenters. The zero-order valence-corrected chi connectivity index (χ0v) is 14.1. The van der Waals surface area contributed by atoms with E-state index in [4.69, 9.17) is 4.74 Å². The SMILES string of the molecule is COc1ccc(N(C#N)CC#CCN(C(C)C)C(C)C)cc1. The van der Waals surface area contributed by atoms with Crippen LogP contribution in [-0.2, 0) is 0 Å². The van der Waals surface area contributed by atoms with Crippen molar-refractivity contribution >= 4 is 5.69 Å². The van der Waals surface area contributed by atoms with E-state index in [1.807, 2.05) is 24.3 Å². The minimum Gasteiger partial charge on any atom is -0.497 e. The Morgan fingerprint density at radius 3 is 2.00 bits per heavy atom. The Balaban J connectivity index is 2.64. The fourth-order valence-electron chi connectivity index (χ4n) is 2.19. The number of methoxy groups -OCH3 is 1. The fraction of sp³-hybridized carbons (Fsp3) is 0.500. The molecule has 0 N–H and O–H groups in total. The number of hydrogen-bond donors (Lipinski definition) is 0. The highest BCUT2D eigenvalue weighted by atomic mass is 16.5. The van der Waals surface area contributed by atoms with Gasteiger partial charge in [-0.05, 0) is 52.0 Å². The minimum absolute atomic E-state index is 0.396. The summed E-state index contributed by atoms with van der Waals surface area (Å²) in [6.07, 6.45) is 2.17. The van der Waals surface area contributed by atoms with Gasteiger partial charge in [-0.3, -0.25) is 9.80 Å². The molecule has 0 fully saturated rings. The van der Waals surface area contributed by atoms with E-state index in [1.54, 1.807) is 12.0 Å². The fourth-order valence-corrected chi connectivity index (χ4v) is 2.19. The van der Waals surface area contributed by atoms with Gasteiger partial charge in [0.05, 0.1) is 25.9 Å². The predicted molar refractivity (Wildman–Crippen MR) is 90.7 cm³/mol. The molecule has 0 amide bonds. The molecule has 0 spiro atoms. The molecule has 118 valence electrons. The number of benzene rings is 1. The molecule has 4 nitrogen and oxygen atoms in total. The standard InChI is InChI=1S/C18H25N3O/c1-15(2)21(16(3)4)13-7-6-12-20(14-19)17-8-10-18(22-5)11-9-17/h8-11,15-16H,12-13H2,1-5H3. The maximum Gasteiger partial charge on any atom is 0.185 e. The molecule has 0 aliphatic heterocycles. The summed E-state index contributed by atoms with van der Waals surface area (Å²) in [5.41, 5.74) is 0.821. The quantitative estimate of drug-likeness (QED) is 0.460. The van der Waals surface area contributed by atoms with E-state index in [0.29, 0.717) is 18.6 Å². The topological polar surface area (TPSA) is 39.5 Å². The maximum absolute atomic E-state index is 9.26. The molecule has 1 rings (SSSR count). The van der Waals surface area contributed by atoms with Crippen LogP contribution in [0.4, 0.5) is 5.69 Å². The van der Waals surface area contributed by atoms with E-state index in [0.717, 1.165) is 18.0 Å². The largest absolute Gasteiger partial charge is 0.497 e. The van der Waals surface area contributed by atoms with Gasteiger partial charge >= 0.3 is 0 Å². The Morgan fingerprint density at radius 2 is 1.55 bits per heavy atom. The monoisotopic (exact) mass is 299 g/mol. The van der Waals surface area contributed by atoms with Crippen LogP contribution in [0, 0.1) is 23.3 Å². The first-order valence-corrected chi connectivity index (χ1v) is 7.52. The van der Waals surface area contributed by atoms with Gasteiger partial charge in [0, 0.05) is 12.1 Å². The van der Waals surface area contributed by atoms with Crippen LogP contribution >= 0.6 is 0 Å². The molecule has 4 heteroatoms. The van der Waals surface area contributed by atoms with Gasteiger partial charge in [-0.25, -0.2) is 0 Å². The van der Waals surface area contributed by atoms with Crippen molar-refractivity contribution in [2.75, 3.05) is 25.1 Å². The van der Waals surface area contributed by atoms with Gasteiger partial charge in [-0.15, -0.1) is 0 Å². The second kappa shape index (κ2) is 8.97. The molecule has 0 bridgehead atoms. The van der Waals surface area contributed by atoms with Gasteiger partial charge in [-0.1, -0.05) is 11.8 Å². The first-order valence-electron chi connectivity index (χ1n) is 7.52. The van der Waals surface area contributed by atoms with Gasteiger partial charge in [0.1, 0.15) is 5.75 Å². The molecule has 0 atom stereocenters. The molecule has 0 radical (unpaired) electrons. The highest BCUT2D eigenvalue weighted by Crippen LogP contribution is 2.18. The van der Waals surface area contributed by atoms with Crippen molar-refractivity contribution in [1.82, 2.24) is 4.90 Å². The molecule has 0 saturated heterocycles. The summed E-state index contributed by atoms with van der Waals surface area (Å²) in [4.78, 5) is 3.89. The summed E-state index contributed by atoms with van der Waals surface area (Å²) in [5, 5.41) is 9.26. The minimum atomic E-state index is 0.396. The van der Waals surface area contributed by atoms with Crippen LogP contribution in [0.3, 0.4) is 0 Å². The predicted octanol–water partition coefficient (Wildman–Crippen LogP) is 3.10. The van der Waals surface area contributed by atoms with E-state index in [2.05, 4.69) is 50.6 Å². The van der Waals surface area contributed by atoms with E-state index in [9.17, 15) is 5.26 Å². The normalized spacial score (nSPS) is 10.3. The lowest BCUT2D eigenvalue weighted by Crippen LogP contribution is -2.37. The Kier molecular flexibility index (Phi) is 7.29. The highest BCUT2D eigenvalue weighted by molar-refractivity contribution is 5.53.